The number of phenolic OH excluding ortho intramolecular Hbond substituents is 1. The first-order valence-electron chi connectivity index (χ1n) is 7.40. The highest BCUT2D eigenvalue weighted by Gasteiger charge is 2.30. The van der Waals surface area contributed by atoms with E-state index < -0.39 is 0 Å². The van der Waals surface area contributed by atoms with E-state index >= 15 is 0 Å². The Balaban J connectivity index is 1.85. The van der Waals surface area contributed by atoms with Crippen molar-refractivity contribution in [3.8, 4) is 11.5 Å². The summed E-state index contributed by atoms with van der Waals surface area (Å²) >= 11 is 0. The minimum absolute atomic E-state index is 0.375. The molecular weight excluding hydrogens is 238 g/mol. The number of hydrogen-bond acceptors (Lipinski definition) is 3. The van der Waals surface area contributed by atoms with E-state index in [9.17, 15) is 5.11 Å². The van der Waals surface area contributed by atoms with Gasteiger partial charge in [-0.05, 0) is 56.3 Å². The van der Waals surface area contributed by atoms with Crippen LogP contribution < -0.4 is 4.74 Å². The van der Waals surface area contributed by atoms with Gasteiger partial charge in [-0.2, -0.15) is 0 Å². The van der Waals surface area contributed by atoms with E-state index in [2.05, 4.69) is 11.0 Å². The van der Waals surface area contributed by atoms with Gasteiger partial charge in [-0.1, -0.05) is 12.5 Å². The maximum Gasteiger partial charge on any atom is 0.161 e. The van der Waals surface area contributed by atoms with Crippen LogP contribution in [0.2, 0.25) is 0 Å². The quantitative estimate of drug-likeness (QED) is 0.903. The van der Waals surface area contributed by atoms with E-state index in [0.29, 0.717) is 17.4 Å². The highest BCUT2D eigenvalue weighted by molar-refractivity contribution is 5.52. The predicted molar refractivity (Wildman–Crippen MR) is 75.8 cm³/mol. The van der Waals surface area contributed by atoms with Gasteiger partial charge < -0.3 is 9.84 Å². The van der Waals surface area contributed by atoms with Gasteiger partial charge in [-0.15, -0.1) is 0 Å². The van der Waals surface area contributed by atoms with Crippen molar-refractivity contribution in [3.63, 3.8) is 0 Å². The van der Waals surface area contributed by atoms with Crippen LogP contribution in [0.25, 0.3) is 0 Å². The Morgan fingerprint density at radius 3 is 2.58 bits per heavy atom. The van der Waals surface area contributed by atoms with Crippen LogP contribution in [0.5, 0.6) is 11.5 Å². The molecule has 1 aliphatic carbocycles. The van der Waals surface area contributed by atoms with Crippen LogP contribution in [0.4, 0.5) is 0 Å². The van der Waals surface area contributed by atoms with E-state index in [4.69, 9.17) is 4.74 Å². The number of likely N-dealkylation sites (tertiary alicyclic amines) is 1. The Morgan fingerprint density at radius 1 is 1.21 bits per heavy atom. The molecule has 1 heterocycles. The molecule has 0 spiro atoms. The van der Waals surface area contributed by atoms with Crippen molar-refractivity contribution < 1.29 is 9.84 Å². The second kappa shape index (κ2) is 5.41. The third-order valence-corrected chi connectivity index (χ3v) is 4.32. The first-order valence-corrected chi connectivity index (χ1v) is 7.40. The fraction of sp³-hybridized carbons (Fsp3) is 0.625. The monoisotopic (exact) mass is 261 g/mol. The molecule has 0 bridgehead atoms. The van der Waals surface area contributed by atoms with Gasteiger partial charge in [-0.3, -0.25) is 4.90 Å². The highest BCUT2D eigenvalue weighted by atomic mass is 16.5. The minimum Gasteiger partial charge on any atom is -0.504 e. The Kier molecular flexibility index (Phi) is 3.65. The fourth-order valence-corrected chi connectivity index (χ4v) is 3.12. The summed E-state index contributed by atoms with van der Waals surface area (Å²) in [6.45, 7) is 3.36. The van der Waals surface area contributed by atoms with E-state index in [1.54, 1.807) is 7.11 Å². The molecule has 1 aromatic carbocycles. The summed E-state index contributed by atoms with van der Waals surface area (Å²) in [5.41, 5.74) is 2.44. The predicted octanol–water partition coefficient (Wildman–Crippen LogP) is 3.26. The molecule has 0 amide bonds. The Morgan fingerprint density at radius 2 is 1.95 bits per heavy atom. The number of benzene rings is 1. The van der Waals surface area contributed by atoms with Crippen molar-refractivity contribution in [1.82, 2.24) is 4.90 Å². The molecule has 19 heavy (non-hydrogen) atoms. The normalized spacial score (nSPS) is 20.5. The van der Waals surface area contributed by atoms with Crippen LogP contribution in [0.15, 0.2) is 12.1 Å². The maximum absolute atomic E-state index is 10.4. The van der Waals surface area contributed by atoms with Gasteiger partial charge in [-0.25, -0.2) is 0 Å². The van der Waals surface area contributed by atoms with Gasteiger partial charge in [0.1, 0.15) is 0 Å². The van der Waals surface area contributed by atoms with Crippen LogP contribution in [0, 0.1) is 0 Å². The Bertz CT molecular complexity index is 448. The van der Waals surface area contributed by atoms with Gasteiger partial charge in [0, 0.05) is 12.1 Å². The lowest BCUT2D eigenvalue weighted by Gasteiger charge is -2.27. The van der Waals surface area contributed by atoms with Crippen molar-refractivity contribution in [2.24, 2.45) is 0 Å². The molecule has 0 radical (unpaired) electrons. The molecule has 2 fully saturated rings. The molecule has 0 atom stereocenters. The maximum atomic E-state index is 10.4. The lowest BCUT2D eigenvalue weighted by atomic mass is 10.00. The highest BCUT2D eigenvalue weighted by Crippen LogP contribution is 2.48. The summed E-state index contributed by atoms with van der Waals surface area (Å²) in [4.78, 5) is 2.51. The summed E-state index contributed by atoms with van der Waals surface area (Å²) in [5, 5.41) is 10.4. The third-order valence-electron chi connectivity index (χ3n) is 4.32. The molecule has 1 N–H and O–H groups in total. The van der Waals surface area contributed by atoms with E-state index in [-0.39, 0.29) is 0 Å². The molecule has 2 aliphatic rings. The standard InChI is InChI=1S/C16H23NO2/c1-19-14-8-7-13(11-17-9-3-2-4-10-17)15(16(14)18)12-5-6-12/h7-8,12,18H,2-6,9-11H2,1H3. The number of methoxy groups -OCH3 is 1. The SMILES string of the molecule is COc1ccc(CN2CCCCC2)c(C2CC2)c1O. The zero-order valence-corrected chi connectivity index (χ0v) is 11.7. The van der Waals surface area contributed by atoms with Crippen LogP contribution >= 0.6 is 0 Å². The zero-order valence-electron chi connectivity index (χ0n) is 11.7. The molecule has 1 aromatic rings. The molecule has 3 nitrogen and oxygen atoms in total. The average Bonchev–Trinajstić information content (AvgIpc) is 3.25. The molecule has 1 saturated heterocycles. The van der Waals surface area contributed by atoms with Gasteiger partial charge in [0.05, 0.1) is 7.11 Å². The van der Waals surface area contributed by atoms with Gasteiger partial charge in [0.2, 0.25) is 0 Å². The largest absolute Gasteiger partial charge is 0.504 e. The van der Waals surface area contributed by atoms with E-state index in [0.717, 1.165) is 12.1 Å². The smallest absolute Gasteiger partial charge is 0.161 e. The molecule has 104 valence electrons. The molecule has 3 rings (SSSR count). The number of phenols is 1. The Hall–Kier alpha value is -1.22. The number of nitrogens with zero attached hydrogens (tertiary/aromatic N) is 1. The molecule has 0 unspecified atom stereocenters. The van der Waals surface area contributed by atoms with Gasteiger partial charge >= 0.3 is 0 Å². The van der Waals surface area contributed by atoms with Crippen molar-refractivity contribution in [2.45, 2.75) is 44.6 Å². The molecular formula is C16H23NO2. The number of hydrogen-bond donors (Lipinski definition) is 1. The summed E-state index contributed by atoms with van der Waals surface area (Å²) in [5.74, 6) is 1.54. The van der Waals surface area contributed by atoms with Crippen molar-refractivity contribution in [3.05, 3.63) is 23.3 Å². The number of ether oxygens (including phenoxy) is 1. The lowest BCUT2D eigenvalue weighted by Crippen LogP contribution is -2.29. The Labute approximate surface area is 115 Å². The van der Waals surface area contributed by atoms with Crippen LogP contribution in [-0.2, 0) is 6.54 Å². The fourth-order valence-electron chi connectivity index (χ4n) is 3.12. The molecule has 0 aromatic heterocycles. The lowest BCUT2D eigenvalue weighted by molar-refractivity contribution is 0.220. The molecule has 1 aliphatic heterocycles. The summed E-state index contributed by atoms with van der Waals surface area (Å²) in [6, 6.07) is 4.04. The van der Waals surface area contributed by atoms with Crippen LogP contribution in [0.1, 0.15) is 49.1 Å². The van der Waals surface area contributed by atoms with E-state index in [1.165, 1.54) is 50.8 Å². The topological polar surface area (TPSA) is 32.7 Å². The number of aromatic hydroxyl groups is 1. The zero-order chi connectivity index (χ0) is 13.2. The van der Waals surface area contributed by atoms with Crippen LogP contribution in [0.3, 0.4) is 0 Å². The third kappa shape index (κ3) is 2.71. The summed E-state index contributed by atoms with van der Waals surface area (Å²) in [6.07, 6.45) is 6.38. The summed E-state index contributed by atoms with van der Waals surface area (Å²) in [7, 11) is 1.62. The second-order valence-electron chi connectivity index (χ2n) is 5.80. The first kappa shape index (κ1) is 12.8. The average molecular weight is 261 g/mol. The van der Waals surface area contributed by atoms with Crippen molar-refractivity contribution in [1.29, 1.82) is 0 Å². The van der Waals surface area contributed by atoms with Gasteiger partial charge in [0.25, 0.3) is 0 Å². The summed E-state index contributed by atoms with van der Waals surface area (Å²) < 4.78 is 5.24. The number of rotatable bonds is 4. The van der Waals surface area contributed by atoms with Crippen molar-refractivity contribution in [2.75, 3.05) is 20.2 Å². The minimum atomic E-state index is 0.375. The molecule has 3 heteroatoms. The second-order valence-corrected chi connectivity index (χ2v) is 5.80. The first-order chi connectivity index (χ1) is 9.29. The van der Waals surface area contributed by atoms with E-state index in [1.807, 2.05) is 6.07 Å². The molecule has 1 saturated carbocycles. The van der Waals surface area contributed by atoms with Crippen LogP contribution in [-0.4, -0.2) is 30.2 Å². The van der Waals surface area contributed by atoms with Crippen molar-refractivity contribution >= 4 is 0 Å². The van der Waals surface area contributed by atoms with Gasteiger partial charge in [0.15, 0.2) is 11.5 Å². The number of piperidine rings is 1.